The molecule has 0 spiro atoms. The third kappa shape index (κ3) is 3.72. The Labute approximate surface area is 202 Å². The Bertz CT molecular complexity index is 1620. The Hall–Kier alpha value is -3.85. The van der Waals surface area contributed by atoms with Crippen molar-refractivity contribution in [2.24, 2.45) is 0 Å². The van der Waals surface area contributed by atoms with Gasteiger partial charge in [0.2, 0.25) is 0 Å². The fourth-order valence-corrected chi connectivity index (χ4v) is 5.73. The maximum Gasteiger partial charge on any atom is 0.342 e. The Morgan fingerprint density at radius 2 is 1.91 bits per heavy atom. The molecule has 35 heavy (non-hydrogen) atoms. The van der Waals surface area contributed by atoms with Crippen molar-refractivity contribution >= 4 is 55.0 Å². The molecular weight excluding hydrogens is 468 g/mol. The van der Waals surface area contributed by atoms with E-state index in [1.807, 2.05) is 6.92 Å². The molecule has 3 aromatic carbocycles. The van der Waals surface area contributed by atoms with Gasteiger partial charge in [-0.25, -0.2) is 13.2 Å². The molecule has 8 nitrogen and oxygen atoms in total. The number of esters is 1. The maximum absolute atomic E-state index is 13.4. The molecule has 1 aliphatic rings. The van der Waals surface area contributed by atoms with E-state index in [-0.39, 0.29) is 22.1 Å². The highest BCUT2D eigenvalue weighted by molar-refractivity contribution is 7.93. The van der Waals surface area contributed by atoms with Crippen molar-refractivity contribution in [3.05, 3.63) is 65.4 Å². The van der Waals surface area contributed by atoms with Crippen LogP contribution >= 0.6 is 0 Å². The van der Waals surface area contributed by atoms with Crippen LogP contribution in [0, 0.1) is 6.92 Å². The summed E-state index contributed by atoms with van der Waals surface area (Å²) in [6, 6.07) is 12.9. The van der Waals surface area contributed by atoms with E-state index in [1.165, 1.54) is 11.0 Å². The van der Waals surface area contributed by atoms with Gasteiger partial charge in [-0.05, 0) is 49.7 Å². The highest BCUT2D eigenvalue weighted by Gasteiger charge is 2.30. The fourth-order valence-electron chi connectivity index (χ4n) is 4.47. The highest BCUT2D eigenvalue weighted by Crippen LogP contribution is 2.40. The van der Waals surface area contributed by atoms with Gasteiger partial charge in [-0.3, -0.25) is 9.52 Å². The molecule has 0 aliphatic carbocycles. The van der Waals surface area contributed by atoms with E-state index in [0.29, 0.717) is 45.4 Å². The molecule has 5 rings (SSSR count). The van der Waals surface area contributed by atoms with E-state index in [4.69, 9.17) is 9.15 Å². The highest BCUT2D eigenvalue weighted by atomic mass is 32.2. The number of carbonyl (C=O) groups is 2. The molecule has 0 radical (unpaired) electrons. The summed E-state index contributed by atoms with van der Waals surface area (Å²) in [5, 5.41) is 1.54. The predicted octanol–water partition coefficient (Wildman–Crippen LogP) is 5.24. The molecule has 180 valence electrons. The summed E-state index contributed by atoms with van der Waals surface area (Å²) in [5.74, 6) is -0.272. The first-order chi connectivity index (χ1) is 16.7. The van der Waals surface area contributed by atoms with Crippen LogP contribution in [0.5, 0.6) is 0 Å². The number of amides is 1. The molecule has 1 aromatic heterocycles. The van der Waals surface area contributed by atoms with Gasteiger partial charge in [-0.2, -0.15) is 0 Å². The lowest BCUT2D eigenvalue weighted by atomic mass is 10.1. The molecule has 0 saturated heterocycles. The zero-order valence-electron chi connectivity index (χ0n) is 19.5. The molecule has 0 fully saturated rings. The average Bonchev–Trinajstić information content (AvgIpc) is 3.28. The van der Waals surface area contributed by atoms with Crippen LogP contribution in [0.4, 0.5) is 11.4 Å². The van der Waals surface area contributed by atoms with E-state index in [9.17, 15) is 18.0 Å². The number of carbonyl (C=O) groups excluding carboxylic acids is 2. The molecule has 4 aromatic rings. The summed E-state index contributed by atoms with van der Waals surface area (Å²) in [4.78, 5) is 26.8. The smallest absolute Gasteiger partial charge is 0.342 e. The monoisotopic (exact) mass is 492 g/mol. The van der Waals surface area contributed by atoms with Gasteiger partial charge in [0.25, 0.3) is 15.9 Å². The normalized spacial score (nSPS) is 13.1. The van der Waals surface area contributed by atoms with E-state index >= 15 is 0 Å². The number of anilines is 2. The summed E-state index contributed by atoms with van der Waals surface area (Å²) in [5.41, 5.74) is 2.15. The summed E-state index contributed by atoms with van der Waals surface area (Å²) < 4.78 is 40.5. The summed E-state index contributed by atoms with van der Waals surface area (Å²) >= 11 is 0. The number of sulfonamides is 1. The maximum atomic E-state index is 13.4. The minimum absolute atomic E-state index is 0.0591. The molecular formula is C26H24N2O6S. The largest absolute Gasteiger partial charge is 0.462 e. The topological polar surface area (TPSA) is 106 Å². The van der Waals surface area contributed by atoms with Crippen molar-refractivity contribution < 1.29 is 27.2 Å². The van der Waals surface area contributed by atoms with Gasteiger partial charge in [0.1, 0.15) is 16.9 Å². The lowest BCUT2D eigenvalue weighted by Crippen LogP contribution is -2.20. The lowest BCUT2D eigenvalue weighted by molar-refractivity contribution is 0.0499. The van der Waals surface area contributed by atoms with Crippen LogP contribution in [-0.2, 0) is 14.8 Å². The number of furan rings is 1. The Morgan fingerprint density at radius 3 is 2.69 bits per heavy atom. The zero-order chi connectivity index (χ0) is 24.9. The van der Waals surface area contributed by atoms with Crippen LogP contribution in [0.1, 0.15) is 46.2 Å². The van der Waals surface area contributed by atoms with Crippen LogP contribution < -0.4 is 9.62 Å². The van der Waals surface area contributed by atoms with Crippen LogP contribution in [0.3, 0.4) is 0 Å². The molecule has 0 atom stereocenters. The van der Waals surface area contributed by atoms with E-state index in [1.54, 1.807) is 56.4 Å². The van der Waals surface area contributed by atoms with Crippen LogP contribution in [0.15, 0.2) is 57.8 Å². The van der Waals surface area contributed by atoms with Crippen molar-refractivity contribution in [2.45, 2.75) is 31.6 Å². The first-order valence-electron chi connectivity index (χ1n) is 11.3. The molecule has 0 unspecified atom stereocenters. The van der Waals surface area contributed by atoms with Crippen molar-refractivity contribution in [2.75, 3.05) is 23.3 Å². The first kappa shape index (κ1) is 22.9. The molecule has 1 aliphatic heterocycles. The van der Waals surface area contributed by atoms with Gasteiger partial charge < -0.3 is 14.1 Å². The molecule has 2 heterocycles. The van der Waals surface area contributed by atoms with Gasteiger partial charge in [-0.15, -0.1) is 0 Å². The second kappa shape index (κ2) is 8.42. The second-order valence-corrected chi connectivity index (χ2v) is 10.2. The van der Waals surface area contributed by atoms with Crippen molar-refractivity contribution in [3.8, 4) is 0 Å². The summed E-state index contributed by atoms with van der Waals surface area (Å²) in [6.07, 6.45) is 1.65. The number of nitrogens with one attached hydrogen (secondary N) is 1. The number of nitrogens with zero attached hydrogens (tertiary/aromatic N) is 1. The molecule has 0 saturated carbocycles. The number of hydrogen-bond donors (Lipinski definition) is 1. The summed E-state index contributed by atoms with van der Waals surface area (Å²) in [7, 11) is -2.36. The molecule has 1 amide bonds. The first-order valence-corrected chi connectivity index (χ1v) is 12.8. The summed E-state index contributed by atoms with van der Waals surface area (Å²) in [6.45, 7) is 3.98. The number of rotatable bonds is 7. The average molecular weight is 493 g/mol. The van der Waals surface area contributed by atoms with E-state index in [0.717, 1.165) is 12.8 Å². The number of fused-ring (bicyclic) bond motifs is 1. The molecule has 1 N–H and O–H groups in total. The van der Waals surface area contributed by atoms with Crippen LogP contribution in [0.2, 0.25) is 0 Å². The Morgan fingerprint density at radius 1 is 1.11 bits per heavy atom. The van der Waals surface area contributed by atoms with Gasteiger partial charge in [0.05, 0.1) is 17.2 Å². The minimum Gasteiger partial charge on any atom is -0.462 e. The SMILES string of the molecule is CCCCOC(=O)c1c(C)oc2ccc(NS(=O)(=O)c3ccc4c5c(cccc35)C(=O)N4C)cc12. The number of unbranched alkanes of at least 4 members (excludes halogenated alkanes) is 1. The minimum atomic E-state index is -4.02. The lowest BCUT2D eigenvalue weighted by Gasteiger charge is -2.13. The predicted molar refractivity (Wildman–Crippen MR) is 134 cm³/mol. The van der Waals surface area contributed by atoms with Crippen LogP contribution in [0.25, 0.3) is 21.7 Å². The third-order valence-corrected chi connectivity index (χ3v) is 7.66. The van der Waals surface area contributed by atoms with E-state index in [2.05, 4.69) is 4.72 Å². The number of aryl methyl sites for hydroxylation is 1. The van der Waals surface area contributed by atoms with Crippen molar-refractivity contribution in [3.63, 3.8) is 0 Å². The second-order valence-electron chi connectivity index (χ2n) is 8.51. The van der Waals surface area contributed by atoms with Gasteiger partial charge in [0, 0.05) is 34.5 Å². The van der Waals surface area contributed by atoms with Crippen molar-refractivity contribution in [1.29, 1.82) is 0 Å². The van der Waals surface area contributed by atoms with Crippen molar-refractivity contribution in [1.82, 2.24) is 0 Å². The quantitative estimate of drug-likeness (QED) is 0.279. The fraction of sp³-hybridized carbons (Fsp3) is 0.231. The zero-order valence-corrected chi connectivity index (χ0v) is 20.4. The van der Waals surface area contributed by atoms with Gasteiger partial charge >= 0.3 is 5.97 Å². The number of hydrogen-bond acceptors (Lipinski definition) is 6. The number of ether oxygens (including phenoxy) is 1. The number of benzene rings is 3. The van der Waals surface area contributed by atoms with Gasteiger partial charge in [0.15, 0.2) is 0 Å². The third-order valence-electron chi connectivity index (χ3n) is 6.22. The van der Waals surface area contributed by atoms with E-state index < -0.39 is 16.0 Å². The molecule has 0 bridgehead atoms. The molecule has 9 heteroatoms. The van der Waals surface area contributed by atoms with Crippen LogP contribution in [-0.4, -0.2) is 33.9 Å². The Balaban J connectivity index is 1.53. The Kier molecular flexibility index (Phi) is 5.52. The van der Waals surface area contributed by atoms with Gasteiger partial charge in [-0.1, -0.05) is 25.5 Å². The standard InChI is InChI=1S/C26H24N2O6S/c1-4-5-13-33-26(30)23-15(2)34-21-11-9-16(14-19(21)23)27-35(31,32)22-12-10-20-24-17(22)7-6-8-18(24)25(29)28(20)3/h6-12,14,27H,4-5,13H2,1-3H3.